The van der Waals surface area contributed by atoms with Crippen LogP contribution in [0.3, 0.4) is 0 Å². The highest BCUT2D eigenvalue weighted by molar-refractivity contribution is 5.95. The van der Waals surface area contributed by atoms with Crippen LogP contribution in [0.15, 0.2) is 79.4 Å². The van der Waals surface area contributed by atoms with Crippen molar-refractivity contribution >= 4 is 23.1 Å². The topological polar surface area (TPSA) is 109 Å². The number of aliphatic hydroxyl groups excluding tert-OH is 1. The lowest BCUT2D eigenvalue weighted by Crippen LogP contribution is -2.46. The van der Waals surface area contributed by atoms with Gasteiger partial charge in [0.05, 0.1) is 32.3 Å². The van der Waals surface area contributed by atoms with Gasteiger partial charge in [-0.15, -0.1) is 0 Å². The summed E-state index contributed by atoms with van der Waals surface area (Å²) in [4.78, 5) is 25.1. The molecule has 1 unspecified atom stereocenters. The SMILES string of the molecule is CC(C)N1C(=O)N(c2ccc(N3CCN(c4ccc(OC[C@H]5OC[C@](Cn6cncn6)(c6ccc(F)cc6F)O5)cc4)CC3)cc2)CC1CO. The molecule has 4 aromatic rings. The Labute approximate surface area is 289 Å². The average molecular weight is 690 g/mol. The fraction of sp³-hybridized carbons (Fsp3) is 0.417. The maximum Gasteiger partial charge on any atom is 0.325 e. The summed E-state index contributed by atoms with van der Waals surface area (Å²) in [7, 11) is 0. The Balaban J connectivity index is 0.915. The molecule has 3 atom stereocenters. The minimum absolute atomic E-state index is 0.0199. The number of piperazine rings is 1. The summed E-state index contributed by atoms with van der Waals surface area (Å²) in [6.07, 6.45) is 2.10. The molecule has 0 spiro atoms. The summed E-state index contributed by atoms with van der Waals surface area (Å²) in [5, 5.41) is 13.9. The Kier molecular flexibility index (Phi) is 9.58. The monoisotopic (exact) mass is 689 g/mol. The lowest BCUT2D eigenvalue weighted by atomic mass is 9.94. The summed E-state index contributed by atoms with van der Waals surface area (Å²) < 4.78 is 48.2. The Morgan fingerprint density at radius 3 is 2.20 bits per heavy atom. The standard InChI is InChI=1S/C36H41F2N7O5/c1-25(2)45-30(19-46)18-44(35(45)47)29-6-4-27(5-7-29)41-13-15-42(16-14-41)28-8-10-31(11-9-28)48-20-34-49-22-36(50-34,21-43-24-39-23-40-43)32-12-3-26(37)17-33(32)38/h3-12,17,23-25,30,34,46H,13-16,18-22H2,1-2H3/t30?,34-,36+/m0/s1. The molecule has 12 nitrogen and oxygen atoms in total. The highest BCUT2D eigenvalue weighted by Gasteiger charge is 2.46. The summed E-state index contributed by atoms with van der Waals surface area (Å²) in [5.41, 5.74) is 1.96. The van der Waals surface area contributed by atoms with E-state index in [-0.39, 0.29) is 50.0 Å². The summed E-state index contributed by atoms with van der Waals surface area (Å²) in [6, 6.07) is 19.1. The molecule has 1 N–H and O–H groups in total. The largest absolute Gasteiger partial charge is 0.488 e. The van der Waals surface area contributed by atoms with Crippen molar-refractivity contribution in [2.75, 3.05) is 67.2 Å². The van der Waals surface area contributed by atoms with Crippen molar-refractivity contribution in [3.8, 4) is 5.75 Å². The predicted octanol–water partition coefficient (Wildman–Crippen LogP) is 4.24. The van der Waals surface area contributed by atoms with Crippen molar-refractivity contribution in [1.82, 2.24) is 19.7 Å². The van der Waals surface area contributed by atoms with E-state index in [0.29, 0.717) is 12.3 Å². The van der Waals surface area contributed by atoms with Gasteiger partial charge in [0.25, 0.3) is 0 Å². The smallest absolute Gasteiger partial charge is 0.325 e. The quantitative estimate of drug-likeness (QED) is 0.248. The zero-order valence-corrected chi connectivity index (χ0v) is 28.1. The van der Waals surface area contributed by atoms with Crippen molar-refractivity contribution in [3.05, 3.63) is 96.6 Å². The molecule has 1 aromatic heterocycles. The highest BCUT2D eigenvalue weighted by Crippen LogP contribution is 2.37. The minimum atomic E-state index is -1.24. The van der Waals surface area contributed by atoms with E-state index in [0.717, 1.165) is 49.3 Å². The molecule has 3 aliphatic heterocycles. The molecule has 0 radical (unpaired) electrons. The summed E-state index contributed by atoms with van der Waals surface area (Å²) in [5.74, 6) is -0.763. The number of aromatic nitrogens is 3. The number of carbonyl (C=O) groups excluding carboxylic acids is 1. The van der Waals surface area contributed by atoms with E-state index in [9.17, 15) is 18.7 Å². The number of anilines is 3. The third-order valence-corrected chi connectivity index (χ3v) is 9.57. The van der Waals surface area contributed by atoms with Crippen molar-refractivity contribution in [1.29, 1.82) is 0 Å². The van der Waals surface area contributed by atoms with Crippen molar-refractivity contribution in [3.63, 3.8) is 0 Å². The predicted molar refractivity (Wildman–Crippen MR) is 182 cm³/mol. The Bertz CT molecular complexity index is 1750. The van der Waals surface area contributed by atoms with Crippen LogP contribution in [0.1, 0.15) is 19.4 Å². The van der Waals surface area contributed by atoms with Gasteiger partial charge in [-0.05, 0) is 68.4 Å². The normalized spacial score (nSPS) is 22.6. The van der Waals surface area contributed by atoms with Crippen LogP contribution in [-0.4, -0.2) is 102 Å². The number of rotatable bonds is 11. The van der Waals surface area contributed by atoms with Crippen LogP contribution in [0.4, 0.5) is 30.6 Å². The number of hydrogen-bond donors (Lipinski definition) is 1. The van der Waals surface area contributed by atoms with E-state index >= 15 is 0 Å². The number of nitrogens with zero attached hydrogens (tertiary/aromatic N) is 7. The zero-order valence-electron chi connectivity index (χ0n) is 28.1. The maximum absolute atomic E-state index is 14.9. The number of urea groups is 1. The van der Waals surface area contributed by atoms with E-state index in [1.165, 1.54) is 29.5 Å². The second-order valence-corrected chi connectivity index (χ2v) is 13.1. The maximum atomic E-state index is 14.9. The number of hydrogen-bond acceptors (Lipinski definition) is 9. The van der Waals surface area contributed by atoms with E-state index in [1.807, 2.05) is 50.2 Å². The fourth-order valence-electron chi connectivity index (χ4n) is 7.03. The number of halogens is 2. The van der Waals surface area contributed by atoms with Gasteiger partial charge in [0.2, 0.25) is 0 Å². The molecule has 264 valence electrons. The third kappa shape index (κ3) is 6.82. The van der Waals surface area contributed by atoms with Gasteiger partial charge in [0, 0.05) is 60.9 Å². The average Bonchev–Trinajstić information content (AvgIpc) is 3.87. The highest BCUT2D eigenvalue weighted by atomic mass is 19.1. The van der Waals surface area contributed by atoms with E-state index < -0.39 is 23.5 Å². The number of ether oxygens (including phenoxy) is 3. The second-order valence-electron chi connectivity index (χ2n) is 13.1. The first-order valence-electron chi connectivity index (χ1n) is 16.8. The first kappa shape index (κ1) is 33.7. The van der Waals surface area contributed by atoms with Crippen LogP contribution in [0.2, 0.25) is 0 Å². The first-order chi connectivity index (χ1) is 24.2. The Morgan fingerprint density at radius 2 is 1.62 bits per heavy atom. The fourth-order valence-corrected chi connectivity index (χ4v) is 7.03. The second kappa shape index (κ2) is 14.2. The third-order valence-electron chi connectivity index (χ3n) is 9.57. The van der Waals surface area contributed by atoms with Crippen LogP contribution in [0, 0.1) is 11.6 Å². The Morgan fingerprint density at radius 1 is 0.960 bits per heavy atom. The molecule has 3 aromatic carbocycles. The van der Waals surface area contributed by atoms with Crippen molar-refractivity contribution in [2.45, 2.75) is 44.4 Å². The van der Waals surface area contributed by atoms with Crippen LogP contribution < -0.4 is 19.4 Å². The minimum Gasteiger partial charge on any atom is -0.488 e. The molecule has 4 heterocycles. The summed E-state index contributed by atoms with van der Waals surface area (Å²) >= 11 is 0. The van der Waals surface area contributed by atoms with Gasteiger partial charge >= 0.3 is 6.03 Å². The van der Waals surface area contributed by atoms with E-state index in [1.54, 1.807) is 9.80 Å². The van der Waals surface area contributed by atoms with Gasteiger partial charge in [-0.3, -0.25) is 4.90 Å². The molecule has 3 saturated heterocycles. The molecule has 50 heavy (non-hydrogen) atoms. The number of aliphatic hydroxyl groups is 1. The Hall–Kier alpha value is -4.79. The van der Waals surface area contributed by atoms with Crippen LogP contribution in [0.5, 0.6) is 5.75 Å². The molecule has 0 bridgehead atoms. The first-order valence-corrected chi connectivity index (χ1v) is 16.8. The van der Waals surface area contributed by atoms with E-state index in [2.05, 4.69) is 32.0 Å². The lowest BCUT2D eigenvalue weighted by molar-refractivity contribution is -0.117. The molecule has 3 fully saturated rings. The van der Waals surface area contributed by atoms with Gasteiger partial charge in [-0.2, -0.15) is 5.10 Å². The molecule has 2 amide bonds. The van der Waals surface area contributed by atoms with E-state index in [4.69, 9.17) is 14.2 Å². The van der Waals surface area contributed by atoms with Crippen LogP contribution in [-0.2, 0) is 21.6 Å². The number of benzene rings is 3. The number of carbonyl (C=O) groups is 1. The van der Waals surface area contributed by atoms with Crippen LogP contribution >= 0.6 is 0 Å². The van der Waals surface area contributed by atoms with Gasteiger partial charge in [-0.25, -0.2) is 23.2 Å². The van der Waals surface area contributed by atoms with Gasteiger partial charge in [0.1, 0.15) is 42.2 Å². The molecular weight excluding hydrogens is 648 g/mol. The summed E-state index contributed by atoms with van der Waals surface area (Å²) in [6.45, 7) is 7.94. The van der Waals surface area contributed by atoms with Gasteiger partial charge in [0.15, 0.2) is 6.29 Å². The molecule has 3 aliphatic rings. The number of amides is 2. The lowest BCUT2D eigenvalue weighted by Gasteiger charge is -2.37. The van der Waals surface area contributed by atoms with Gasteiger partial charge in [-0.1, -0.05) is 6.07 Å². The zero-order chi connectivity index (χ0) is 34.8. The molecule has 0 aliphatic carbocycles. The van der Waals surface area contributed by atoms with Crippen molar-refractivity contribution in [2.24, 2.45) is 0 Å². The van der Waals surface area contributed by atoms with Crippen LogP contribution in [0.25, 0.3) is 0 Å². The van der Waals surface area contributed by atoms with Crippen molar-refractivity contribution < 1.29 is 32.9 Å². The molecule has 7 rings (SSSR count). The molecule has 0 saturated carbocycles. The van der Waals surface area contributed by atoms with Gasteiger partial charge < -0.3 is 34.0 Å². The molecular formula is C36H41F2N7O5. The molecule has 14 heteroatoms.